The first-order chi connectivity index (χ1) is 19.6. The van der Waals surface area contributed by atoms with Gasteiger partial charge < -0.3 is 4.98 Å². The first kappa shape index (κ1) is 23.0. The summed E-state index contributed by atoms with van der Waals surface area (Å²) < 4.78 is 0. The number of aromatic amines is 1. The molecule has 1 heteroatoms. The molecule has 1 aliphatic rings. The largest absolute Gasteiger partial charge is 0.354 e. The van der Waals surface area contributed by atoms with Gasteiger partial charge in [-0.2, -0.15) is 0 Å². The third-order valence-electron chi connectivity index (χ3n) is 8.83. The first-order valence-corrected chi connectivity index (χ1v) is 14.0. The van der Waals surface area contributed by atoms with Crippen molar-refractivity contribution < 1.29 is 0 Å². The predicted octanol–water partition coefficient (Wildman–Crippen LogP) is 10.6. The Morgan fingerprint density at radius 1 is 0.425 bits per heavy atom. The summed E-state index contributed by atoms with van der Waals surface area (Å²) in [5, 5.41) is 2.52. The van der Waals surface area contributed by atoms with Crippen LogP contribution in [0.4, 0.5) is 0 Å². The molecular formula is C39H29N. The number of H-pyrrole nitrogens is 1. The molecule has 0 saturated carbocycles. The van der Waals surface area contributed by atoms with E-state index in [1.165, 1.54) is 71.9 Å². The zero-order valence-corrected chi connectivity index (χ0v) is 22.7. The van der Waals surface area contributed by atoms with Gasteiger partial charge in [-0.05, 0) is 74.3 Å². The van der Waals surface area contributed by atoms with Crippen LogP contribution >= 0.6 is 0 Å². The van der Waals surface area contributed by atoms with Crippen molar-refractivity contribution in [1.82, 2.24) is 4.98 Å². The topological polar surface area (TPSA) is 15.8 Å². The molecule has 0 amide bonds. The molecule has 0 bridgehead atoms. The minimum Gasteiger partial charge on any atom is -0.354 e. The lowest BCUT2D eigenvalue weighted by Gasteiger charge is -2.21. The Hall–Kier alpha value is -4.88. The van der Waals surface area contributed by atoms with Crippen molar-refractivity contribution in [2.24, 2.45) is 0 Å². The molecule has 0 aliphatic heterocycles. The molecule has 0 saturated heterocycles. The van der Waals surface area contributed by atoms with E-state index < -0.39 is 0 Å². The summed E-state index contributed by atoms with van der Waals surface area (Å²) >= 11 is 0. The molecule has 0 radical (unpaired) electrons. The van der Waals surface area contributed by atoms with Crippen LogP contribution in [0.25, 0.3) is 66.3 Å². The molecule has 190 valence electrons. The smallest absolute Gasteiger partial charge is 0.0544 e. The average molecular weight is 512 g/mol. The number of hydrogen-bond donors (Lipinski definition) is 1. The molecule has 7 aromatic rings. The third kappa shape index (κ3) is 3.41. The Morgan fingerprint density at radius 2 is 1.07 bits per heavy atom. The van der Waals surface area contributed by atoms with Gasteiger partial charge in [-0.15, -0.1) is 0 Å². The molecule has 1 heterocycles. The monoisotopic (exact) mass is 511 g/mol. The van der Waals surface area contributed by atoms with Crippen LogP contribution in [0.5, 0.6) is 0 Å². The van der Waals surface area contributed by atoms with E-state index in [0.717, 1.165) is 5.52 Å². The van der Waals surface area contributed by atoms with Crippen LogP contribution in [-0.4, -0.2) is 4.98 Å². The summed E-state index contributed by atoms with van der Waals surface area (Å²) in [4.78, 5) is 3.74. The number of nitrogens with one attached hydrogen (secondary N) is 1. The second-order valence-electron chi connectivity index (χ2n) is 11.5. The fourth-order valence-electron chi connectivity index (χ4n) is 6.74. The number of aromatic nitrogens is 1. The van der Waals surface area contributed by atoms with E-state index in [2.05, 4.69) is 152 Å². The van der Waals surface area contributed by atoms with Gasteiger partial charge in [0.1, 0.15) is 0 Å². The van der Waals surface area contributed by atoms with E-state index in [9.17, 15) is 0 Å². The van der Waals surface area contributed by atoms with Gasteiger partial charge in [0.25, 0.3) is 0 Å². The van der Waals surface area contributed by atoms with Crippen molar-refractivity contribution in [2.45, 2.75) is 19.3 Å². The number of hydrogen-bond acceptors (Lipinski definition) is 0. The van der Waals surface area contributed by atoms with Crippen LogP contribution in [-0.2, 0) is 5.41 Å². The molecule has 1 aliphatic carbocycles. The van der Waals surface area contributed by atoms with E-state index in [-0.39, 0.29) is 5.41 Å². The maximum Gasteiger partial charge on any atom is 0.0544 e. The van der Waals surface area contributed by atoms with Crippen LogP contribution in [0, 0.1) is 0 Å². The molecule has 1 N–H and O–H groups in total. The zero-order valence-electron chi connectivity index (χ0n) is 22.7. The van der Waals surface area contributed by atoms with Gasteiger partial charge in [-0.25, -0.2) is 0 Å². The normalized spacial score (nSPS) is 13.4. The molecule has 1 nitrogen and oxygen atoms in total. The van der Waals surface area contributed by atoms with Gasteiger partial charge in [0.15, 0.2) is 0 Å². The highest BCUT2D eigenvalue weighted by atomic mass is 14.7. The Morgan fingerprint density at radius 3 is 1.98 bits per heavy atom. The number of benzene rings is 6. The van der Waals surface area contributed by atoms with E-state index in [1.807, 2.05) is 0 Å². The van der Waals surface area contributed by atoms with Crippen LogP contribution < -0.4 is 0 Å². The SMILES string of the molecule is CC1(C)c2ccccc2-c2cc(-c3cccc(-c4cccc5c4[nH]c4ccc(-c6ccccc6)cc45)c3)ccc21. The summed E-state index contributed by atoms with van der Waals surface area (Å²) in [6.07, 6.45) is 0. The number of rotatable bonds is 3. The van der Waals surface area contributed by atoms with Crippen molar-refractivity contribution in [3.8, 4) is 44.5 Å². The fourth-order valence-corrected chi connectivity index (χ4v) is 6.74. The van der Waals surface area contributed by atoms with Crippen molar-refractivity contribution in [3.63, 3.8) is 0 Å². The van der Waals surface area contributed by atoms with Crippen molar-refractivity contribution in [3.05, 3.63) is 145 Å². The number of fused-ring (bicyclic) bond motifs is 6. The van der Waals surface area contributed by atoms with Crippen LogP contribution in [0.2, 0.25) is 0 Å². The Kier molecular flexibility index (Phi) is 4.93. The maximum absolute atomic E-state index is 3.74. The summed E-state index contributed by atoms with van der Waals surface area (Å²) in [5.74, 6) is 0. The second kappa shape index (κ2) is 8.56. The third-order valence-corrected chi connectivity index (χ3v) is 8.83. The lowest BCUT2D eigenvalue weighted by Crippen LogP contribution is -2.14. The van der Waals surface area contributed by atoms with E-state index in [0.29, 0.717) is 0 Å². The molecule has 1 aromatic heterocycles. The zero-order chi connectivity index (χ0) is 26.8. The molecule has 0 spiro atoms. The standard InChI is InChI=1S/C39H29N/c1-39(2)35-17-7-6-14-31(35)33-23-28(18-20-36(33)39)26-12-8-13-29(22-26)30-15-9-16-32-34-24-27(25-10-4-3-5-11-25)19-21-37(34)40-38(30)32/h3-24,40H,1-2H3. The number of para-hydroxylation sites is 1. The van der Waals surface area contributed by atoms with Gasteiger partial charge in [0.2, 0.25) is 0 Å². The second-order valence-corrected chi connectivity index (χ2v) is 11.5. The predicted molar refractivity (Wildman–Crippen MR) is 170 cm³/mol. The van der Waals surface area contributed by atoms with Crippen LogP contribution in [0.1, 0.15) is 25.0 Å². The minimum absolute atomic E-state index is 0.0257. The highest BCUT2D eigenvalue weighted by Crippen LogP contribution is 2.49. The summed E-state index contributed by atoms with van der Waals surface area (Å²) in [5.41, 5.74) is 15.3. The van der Waals surface area contributed by atoms with E-state index in [1.54, 1.807) is 0 Å². The van der Waals surface area contributed by atoms with E-state index in [4.69, 9.17) is 0 Å². The van der Waals surface area contributed by atoms with Gasteiger partial charge in [0.05, 0.1) is 5.52 Å². The van der Waals surface area contributed by atoms with Crippen LogP contribution in [0.15, 0.2) is 133 Å². The van der Waals surface area contributed by atoms with Crippen molar-refractivity contribution in [2.75, 3.05) is 0 Å². The lowest BCUT2D eigenvalue weighted by molar-refractivity contribution is 0.660. The molecule has 0 unspecified atom stereocenters. The quantitative estimate of drug-likeness (QED) is 0.243. The summed E-state index contributed by atoms with van der Waals surface area (Å²) in [6, 6.07) is 48.8. The van der Waals surface area contributed by atoms with Gasteiger partial charge in [-0.3, -0.25) is 0 Å². The maximum atomic E-state index is 3.74. The molecule has 0 fully saturated rings. The summed E-state index contributed by atoms with van der Waals surface area (Å²) in [6.45, 7) is 4.67. The van der Waals surface area contributed by atoms with Gasteiger partial charge in [0, 0.05) is 27.3 Å². The first-order valence-electron chi connectivity index (χ1n) is 14.0. The highest BCUT2D eigenvalue weighted by Gasteiger charge is 2.35. The molecule has 40 heavy (non-hydrogen) atoms. The van der Waals surface area contributed by atoms with Crippen LogP contribution in [0.3, 0.4) is 0 Å². The van der Waals surface area contributed by atoms with Crippen molar-refractivity contribution in [1.29, 1.82) is 0 Å². The Bertz CT molecular complexity index is 2070. The van der Waals surface area contributed by atoms with E-state index >= 15 is 0 Å². The minimum atomic E-state index is 0.0257. The average Bonchev–Trinajstić information content (AvgIpc) is 3.49. The van der Waals surface area contributed by atoms with Gasteiger partial charge >= 0.3 is 0 Å². The Labute approximate surface area is 234 Å². The molecule has 6 aromatic carbocycles. The fraction of sp³-hybridized carbons (Fsp3) is 0.0769. The molecular weight excluding hydrogens is 482 g/mol. The highest BCUT2D eigenvalue weighted by molar-refractivity contribution is 6.12. The molecule has 0 atom stereocenters. The summed E-state index contributed by atoms with van der Waals surface area (Å²) in [7, 11) is 0. The van der Waals surface area contributed by atoms with Gasteiger partial charge in [-0.1, -0.05) is 123 Å². The lowest BCUT2D eigenvalue weighted by atomic mass is 9.82. The molecule has 8 rings (SSSR count). The Balaban J connectivity index is 1.24. The van der Waals surface area contributed by atoms with Crippen molar-refractivity contribution >= 4 is 21.8 Å².